The van der Waals surface area contributed by atoms with Gasteiger partial charge in [-0.3, -0.25) is 9.59 Å². The number of nitrogens with two attached hydrogens (primary N) is 1. The van der Waals surface area contributed by atoms with Crippen LogP contribution in [0.25, 0.3) is 0 Å². The number of fused-ring (bicyclic) bond motifs is 1. The third-order valence-corrected chi connectivity index (χ3v) is 4.03. The summed E-state index contributed by atoms with van der Waals surface area (Å²) in [4.78, 5) is 30.6. The molecule has 1 aromatic carbocycles. The van der Waals surface area contributed by atoms with Crippen LogP contribution in [0.4, 0.5) is 0 Å². The lowest BCUT2D eigenvalue weighted by Crippen LogP contribution is -2.28. The molecule has 0 saturated carbocycles. The van der Waals surface area contributed by atoms with Crippen LogP contribution in [0, 0.1) is 6.92 Å². The van der Waals surface area contributed by atoms with Crippen LogP contribution in [0.15, 0.2) is 24.5 Å². The fraction of sp³-hybridized carbons (Fsp3) is 0.294. The van der Waals surface area contributed by atoms with E-state index in [9.17, 15) is 14.6 Å². The third kappa shape index (κ3) is 4.07. The Morgan fingerprint density at radius 3 is 2.74 bits per heavy atom. The summed E-state index contributed by atoms with van der Waals surface area (Å²) in [6.45, 7) is 3.83. The summed E-state index contributed by atoms with van der Waals surface area (Å²) in [5, 5.41) is 10.2. The Bertz CT molecular complexity index is 874. The lowest BCUT2D eigenvalue weighted by Gasteiger charge is -2.14. The molecule has 0 radical (unpaired) electrons. The molecule has 0 aliphatic carbocycles. The van der Waals surface area contributed by atoms with E-state index >= 15 is 0 Å². The zero-order chi connectivity index (χ0) is 19.6. The predicted octanol–water partition coefficient (Wildman–Crippen LogP) is 0.388. The molecule has 10 heteroatoms. The van der Waals surface area contributed by atoms with Gasteiger partial charge in [-0.05, 0) is 42.6 Å². The van der Waals surface area contributed by atoms with Crippen molar-refractivity contribution in [2.24, 2.45) is 5.73 Å². The van der Waals surface area contributed by atoms with E-state index in [1.807, 2.05) is 6.92 Å². The fourth-order valence-corrected chi connectivity index (χ4v) is 2.93. The van der Waals surface area contributed by atoms with Gasteiger partial charge in [0.1, 0.15) is 11.4 Å². The molecule has 1 atom stereocenters. The second-order valence-corrected chi connectivity index (χ2v) is 5.94. The van der Waals surface area contributed by atoms with Crippen LogP contribution in [-0.2, 0) is 14.2 Å². The van der Waals surface area contributed by atoms with Gasteiger partial charge in [-0.15, -0.1) is 0 Å². The van der Waals surface area contributed by atoms with Gasteiger partial charge in [-0.2, -0.15) is 0 Å². The van der Waals surface area contributed by atoms with Crippen LogP contribution in [0.5, 0.6) is 11.6 Å². The molecule has 0 bridgehead atoms. The van der Waals surface area contributed by atoms with Crippen LogP contribution >= 0.6 is 0 Å². The Kier molecular flexibility index (Phi) is 5.38. The number of hydrogen-bond acceptors (Lipinski definition) is 8. The number of ether oxygens (including phenoxy) is 2. The van der Waals surface area contributed by atoms with Gasteiger partial charge in [0.25, 0.3) is 5.91 Å². The molecule has 0 fully saturated rings. The molecule has 3 rings (SSSR count). The highest BCUT2D eigenvalue weighted by molar-refractivity contribution is 6.62. The molecule has 0 saturated heterocycles. The molecule has 9 nitrogen and oxygen atoms in total. The van der Waals surface area contributed by atoms with Crippen LogP contribution in [-0.4, -0.2) is 40.6 Å². The monoisotopic (exact) mass is 371 g/mol. The number of benzene rings is 1. The van der Waals surface area contributed by atoms with E-state index in [-0.39, 0.29) is 24.6 Å². The topological polar surface area (TPSA) is 134 Å². The summed E-state index contributed by atoms with van der Waals surface area (Å²) in [6.07, 6.45) is 1.92. The Morgan fingerprint density at radius 2 is 2.11 bits per heavy atom. The molecular weight excluding hydrogens is 353 g/mol. The van der Waals surface area contributed by atoms with Crippen molar-refractivity contribution in [1.29, 1.82) is 0 Å². The van der Waals surface area contributed by atoms with Gasteiger partial charge in [0.2, 0.25) is 5.88 Å². The number of hydrogen-bond donors (Lipinski definition) is 2. The Labute approximate surface area is 155 Å². The largest absolute Gasteiger partial charge is 0.492 e. The van der Waals surface area contributed by atoms with Gasteiger partial charge in [0.05, 0.1) is 31.5 Å². The second kappa shape index (κ2) is 7.72. The molecular formula is C17H18BN3O6. The van der Waals surface area contributed by atoms with Crippen molar-refractivity contribution < 1.29 is 28.7 Å². The molecule has 1 aliphatic heterocycles. The molecule has 3 N–H and O–H groups in total. The summed E-state index contributed by atoms with van der Waals surface area (Å²) in [5.74, 6) is -0.509. The molecule has 1 aromatic heterocycles. The fourth-order valence-electron chi connectivity index (χ4n) is 2.93. The van der Waals surface area contributed by atoms with E-state index in [2.05, 4.69) is 9.97 Å². The average molecular weight is 371 g/mol. The van der Waals surface area contributed by atoms with Crippen LogP contribution in [0.3, 0.4) is 0 Å². The Hall–Kier alpha value is -2.98. The first-order chi connectivity index (χ1) is 12.9. The highest BCUT2D eigenvalue weighted by Crippen LogP contribution is 2.33. The maximum absolute atomic E-state index is 11.8. The van der Waals surface area contributed by atoms with Gasteiger partial charge in [-0.25, -0.2) is 9.97 Å². The normalized spacial score (nSPS) is 15.4. The maximum Gasteiger partial charge on any atom is 0.492 e. The van der Waals surface area contributed by atoms with Gasteiger partial charge < -0.3 is 24.9 Å². The van der Waals surface area contributed by atoms with E-state index < -0.39 is 25.1 Å². The quantitative estimate of drug-likeness (QED) is 0.550. The summed E-state index contributed by atoms with van der Waals surface area (Å²) in [6, 6.07) is 3.35. The van der Waals surface area contributed by atoms with Gasteiger partial charge in [-0.1, -0.05) is 0 Å². The first-order valence-electron chi connectivity index (χ1n) is 8.32. The number of rotatable bonds is 6. The molecule has 1 amide bonds. The minimum Gasteiger partial charge on any atom is -0.466 e. The summed E-state index contributed by atoms with van der Waals surface area (Å²) in [5.41, 5.74) is 7.18. The first kappa shape index (κ1) is 18.8. The number of amides is 1. The zero-order valence-electron chi connectivity index (χ0n) is 14.8. The van der Waals surface area contributed by atoms with Crippen molar-refractivity contribution in [3.8, 4) is 11.6 Å². The van der Waals surface area contributed by atoms with Gasteiger partial charge in [0, 0.05) is 0 Å². The van der Waals surface area contributed by atoms with Crippen LogP contribution in [0.1, 0.15) is 41.1 Å². The maximum atomic E-state index is 11.8. The SMILES string of the molecule is CCOC(=O)CC1OB(O)c2cc(Oc3cnc(C(N)=O)cn3)cc(C)c21. The first-order valence-corrected chi connectivity index (χ1v) is 8.32. The average Bonchev–Trinajstić information content (AvgIpc) is 2.91. The Balaban J connectivity index is 1.82. The number of nitrogens with zero attached hydrogens (tertiary/aromatic N) is 2. The molecule has 1 aliphatic rings. The third-order valence-electron chi connectivity index (χ3n) is 4.03. The van der Waals surface area contributed by atoms with E-state index in [4.69, 9.17) is 19.9 Å². The van der Waals surface area contributed by atoms with Crippen molar-refractivity contribution in [3.63, 3.8) is 0 Å². The highest BCUT2D eigenvalue weighted by Gasteiger charge is 2.38. The van der Waals surface area contributed by atoms with Crippen LogP contribution in [0.2, 0.25) is 0 Å². The van der Waals surface area contributed by atoms with Gasteiger partial charge >= 0.3 is 13.1 Å². The predicted molar refractivity (Wildman–Crippen MR) is 94.5 cm³/mol. The second-order valence-electron chi connectivity index (χ2n) is 5.94. The highest BCUT2D eigenvalue weighted by atomic mass is 16.5. The number of carbonyl (C=O) groups is 2. The molecule has 2 heterocycles. The lowest BCUT2D eigenvalue weighted by molar-refractivity contribution is -0.145. The molecule has 27 heavy (non-hydrogen) atoms. The van der Waals surface area contributed by atoms with Gasteiger partial charge in [0.15, 0.2) is 0 Å². The smallest absolute Gasteiger partial charge is 0.466 e. The number of primary amides is 1. The van der Waals surface area contributed by atoms with Crippen molar-refractivity contribution >= 4 is 24.5 Å². The van der Waals surface area contributed by atoms with Crippen molar-refractivity contribution in [2.45, 2.75) is 26.4 Å². The molecule has 140 valence electrons. The number of aromatic nitrogens is 2. The lowest BCUT2D eigenvalue weighted by atomic mass is 9.77. The summed E-state index contributed by atoms with van der Waals surface area (Å²) < 4.78 is 16.1. The summed E-state index contributed by atoms with van der Waals surface area (Å²) in [7, 11) is -1.18. The Morgan fingerprint density at radius 1 is 1.33 bits per heavy atom. The van der Waals surface area contributed by atoms with Crippen LogP contribution < -0.4 is 15.9 Å². The van der Waals surface area contributed by atoms with Crippen molar-refractivity contribution in [2.75, 3.05) is 6.61 Å². The number of carbonyl (C=O) groups excluding carboxylic acids is 2. The summed E-state index contributed by atoms with van der Waals surface area (Å²) >= 11 is 0. The van der Waals surface area contributed by atoms with E-state index in [1.54, 1.807) is 19.1 Å². The van der Waals surface area contributed by atoms with Crippen molar-refractivity contribution in [1.82, 2.24) is 9.97 Å². The molecule has 1 unspecified atom stereocenters. The van der Waals surface area contributed by atoms with Crippen molar-refractivity contribution in [3.05, 3.63) is 41.3 Å². The van der Waals surface area contributed by atoms with E-state index in [1.165, 1.54) is 12.4 Å². The van der Waals surface area contributed by atoms with E-state index in [0.29, 0.717) is 11.2 Å². The number of esters is 1. The molecule has 2 aromatic rings. The standard InChI is InChI=1S/C17H18BN3O6/c1-3-25-15(22)6-13-16-9(2)4-10(5-11(16)18(24)27-13)26-14-8-20-12(7-21-14)17(19)23/h4-5,7-8,13,24H,3,6H2,1-2H3,(H2,19,23). The number of aryl methyl sites for hydroxylation is 1. The minimum absolute atomic E-state index is 0.0129. The minimum atomic E-state index is -1.18. The van der Waals surface area contributed by atoms with E-state index in [0.717, 1.165) is 11.1 Å². The zero-order valence-corrected chi connectivity index (χ0v) is 14.8. The molecule has 0 spiro atoms.